The standard InChI is InChI=1S/C46H29N5/c1-29-18-21-45(51-42-17-9-6-13-35(42)38-25-31(27-48)20-23-44(38)51)39(28-49)46(29)36-14-3-2-10-32(36)33-11-4-7-15-40(33)50-41-16-8-5-12-34(41)37-24-30(26-47)19-22-43(37)50/h2-17,19-25,29H,18H2,1H3. The molecule has 0 radical (unpaired) electrons. The van der Waals surface area contributed by atoms with E-state index in [1.54, 1.807) is 0 Å². The maximum absolute atomic E-state index is 11.0. The van der Waals surface area contributed by atoms with E-state index >= 15 is 0 Å². The van der Waals surface area contributed by atoms with E-state index in [4.69, 9.17) is 0 Å². The zero-order chi connectivity index (χ0) is 34.6. The molecule has 0 amide bonds. The fourth-order valence-corrected chi connectivity index (χ4v) is 8.07. The van der Waals surface area contributed by atoms with Crippen LogP contribution >= 0.6 is 0 Å². The van der Waals surface area contributed by atoms with E-state index in [-0.39, 0.29) is 5.92 Å². The van der Waals surface area contributed by atoms with Crippen molar-refractivity contribution >= 4 is 54.9 Å². The first-order valence-electron chi connectivity index (χ1n) is 17.0. The lowest BCUT2D eigenvalue weighted by atomic mass is 9.79. The summed E-state index contributed by atoms with van der Waals surface area (Å²) >= 11 is 0. The smallest absolute Gasteiger partial charge is 0.102 e. The molecule has 2 aromatic heterocycles. The number of para-hydroxylation sites is 3. The van der Waals surface area contributed by atoms with E-state index in [1.807, 2.05) is 54.6 Å². The fraction of sp³-hybridized carbons (Fsp3) is 0.0652. The fourth-order valence-electron chi connectivity index (χ4n) is 8.07. The highest BCUT2D eigenvalue weighted by Gasteiger charge is 2.28. The Balaban J connectivity index is 1.29. The van der Waals surface area contributed by atoms with Gasteiger partial charge in [0.15, 0.2) is 0 Å². The van der Waals surface area contributed by atoms with E-state index in [1.165, 1.54) is 0 Å². The summed E-state index contributed by atoms with van der Waals surface area (Å²) in [5, 5.41) is 34.6. The Morgan fingerprint density at radius 2 is 1.02 bits per heavy atom. The molecule has 8 aromatic rings. The van der Waals surface area contributed by atoms with Gasteiger partial charge >= 0.3 is 0 Å². The third-order valence-corrected chi connectivity index (χ3v) is 10.3. The average molecular weight is 652 g/mol. The zero-order valence-electron chi connectivity index (χ0n) is 27.8. The number of rotatable bonds is 4. The van der Waals surface area contributed by atoms with Gasteiger partial charge in [0, 0.05) is 27.1 Å². The average Bonchev–Trinajstić information content (AvgIpc) is 3.69. The molecule has 0 spiro atoms. The molecule has 238 valence electrons. The van der Waals surface area contributed by atoms with Gasteiger partial charge in [0.2, 0.25) is 0 Å². The molecule has 6 aromatic carbocycles. The molecular weight excluding hydrogens is 623 g/mol. The first kappa shape index (κ1) is 30.0. The third kappa shape index (κ3) is 4.52. The van der Waals surface area contributed by atoms with Crippen molar-refractivity contribution in [1.82, 2.24) is 9.13 Å². The van der Waals surface area contributed by atoms with Gasteiger partial charge < -0.3 is 9.13 Å². The maximum Gasteiger partial charge on any atom is 0.102 e. The van der Waals surface area contributed by atoms with Crippen LogP contribution in [0, 0.1) is 39.9 Å². The molecule has 1 unspecified atom stereocenters. The summed E-state index contributed by atoms with van der Waals surface area (Å²) in [4.78, 5) is 0. The lowest BCUT2D eigenvalue weighted by Gasteiger charge is -2.27. The van der Waals surface area contributed by atoms with Crippen LogP contribution in [0.4, 0.5) is 0 Å². The van der Waals surface area contributed by atoms with Crippen molar-refractivity contribution in [3.05, 3.63) is 162 Å². The predicted molar refractivity (Wildman–Crippen MR) is 206 cm³/mol. The zero-order valence-corrected chi connectivity index (χ0v) is 27.8. The number of nitriles is 3. The van der Waals surface area contributed by atoms with Crippen molar-refractivity contribution in [2.24, 2.45) is 5.92 Å². The Kier molecular flexibility index (Phi) is 6.92. The summed E-state index contributed by atoms with van der Waals surface area (Å²) in [6.07, 6.45) is 2.96. The van der Waals surface area contributed by atoms with Crippen LogP contribution in [0.3, 0.4) is 0 Å². The third-order valence-electron chi connectivity index (χ3n) is 10.3. The van der Waals surface area contributed by atoms with Crippen LogP contribution in [-0.4, -0.2) is 9.13 Å². The molecule has 5 nitrogen and oxygen atoms in total. The van der Waals surface area contributed by atoms with Crippen molar-refractivity contribution in [2.75, 3.05) is 0 Å². The molecule has 0 saturated carbocycles. The molecule has 51 heavy (non-hydrogen) atoms. The molecule has 5 heteroatoms. The number of aromatic nitrogens is 2. The van der Waals surface area contributed by atoms with Crippen LogP contribution in [0.1, 0.15) is 30.0 Å². The number of hydrogen-bond acceptors (Lipinski definition) is 3. The second kappa shape index (κ2) is 11.8. The minimum Gasteiger partial charge on any atom is -0.309 e. The van der Waals surface area contributed by atoms with Crippen LogP contribution in [0.25, 0.3) is 71.7 Å². The van der Waals surface area contributed by atoms with Crippen molar-refractivity contribution in [2.45, 2.75) is 13.3 Å². The number of fused-ring (bicyclic) bond motifs is 6. The van der Waals surface area contributed by atoms with Gasteiger partial charge in [0.25, 0.3) is 0 Å². The van der Waals surface area contributed by atoms with E-state index in [9.17, 15) is 15.8 Å². The lowest BCUT2D eigenvalue weighted by molar-refractivity contribution is 0.753. The highest BCUT2D eigenvalue weighted by atomic mass is 15.0. The number of benzene rings is 6. The summed E-state index contributed by atoms with van der Waals surface area (Å²) in [6.45, 7) is 2.20. The summed E-state index contributed by atoms with van der Waals surface area (Å²) in [5.41, 5.74) is 12.0. The topological polar surface area (TPSA) is 81.2 Å². The van der Waals surface area contributed by atoms with Gasteiger partial charge in [-0.25, -0.2) is 0 Å². The first-order chi connectivity index (χ1) is 25.1. The van der Waals surface area contributed by atoms with Crippen molar-refractivity contribution < 1.29 is 0 Å². The maximum atomic E-state index is 11.0. The monoisotopic (exact) mass is 651 g/mol. The predicted octanol–water partition coefficient (Wildman–Crippen LogP) is 11.2. The van der Waals surface area contributed by atoms with Crippen molar-refractivity contribution in [3.63, 3.8) is 0 Å². The quantitative estimate of drug-likeness (QED) is 0.190. The van der Waals surface area contributed by atoms with Gasteiger partial charge in [0.1, 0.15) is 6.07 Å². The molecule has 0 saturated heterocycles. The Morgan fingerprint density at radius 1 is 0.510 bits per heavy atom. The summed E-state index contributed by atoms with van der Waals surface area (Å²) in [5.74, 6) is 0.0904. The summed E-state index contributed by atoms with van der Waals surface area (Å²) in [6, 6.07) is 52.4. The van der Waals surface area contributed by atoms with Crippen LogP contribution in [0.2, 0.25) is 0 Å². The highest BCUT2D eigenvalue weighted by molar-refractivity contribution is 6.13. The van der Waals surface area contributed by atoms with E-state index < -0.39 is 0 Å². The Bertz CT molecular complexity index is 2950. The first-order valence-corrected chi connectivity index (χ1v) is 17.0. The molecule has 9 rings (SSSR count). The molecule has 0 N–H and O–H groups in total. The molecule has 1 aliphatic carbocycles. The van der Waals surface area contributed by atoms with Gasteiger partial charge in [-0.1, -0.05) is 91.9 Å². The van der Waals surface area contributed by atoms with Crippen LogP contribution < -0.4 is 0 Å². The van der Waals surface area contributed by atoms with Gasteiger partial charge in [-0.3, -0.25) is 0 Å². The highest BCUT2D eigenvalue weighted by Crippen LogP contribution is 2.46. The number of nitrogens with zero attached hydrogens (tertiary/aromatic N) is 5. The van der Waals surface area contributed by atoms with Crippen molar-refractivity contribution in [1.29, 1.82) is 15.8 Å². The largest absolute Gasteiger partial charge is 0.309 e. The Hall–Kier alpha value is -7.13. The van der Waals surface area contributed by atoms with Crippen molar-refractivity contribution in [3.8, 4) is 35.0 Å². The lowest BCUT2D eigenvalue weighted by Crippen LogP contribution is -2.12. The minimum atomic E-state index is 0.0904. The van der Waals surface area contributed by atoms with Crippen LogP contribution in [-0.2, 0) is 0 Å². The van der Waals surface area contributed by atoms with Crippen LogP contribution in [0.15, 0.2) is 145 Å². The van der Waals surface area contributed by atoms with E-state index in [0.29, 0.717) is 16.7 Å². The second-order valence-corrected chi connectivity index (χ2v) is 13.1. The molecule has 1 atom stereocenters. The summed E-state index contributed by atoms with van der Waals surface area (Å²) in [7, 11) is 0. The normalized spacial score (nSPS) is 14.5. The number of allylic oxidation sites excluding steroid dienone is 4. The van der Waals surface area contributed by atoms with Gasteiger partial charge in [-0.2, -0.15) is 15.8 Å². The SMILES string of the molecule is CC1CC=C(n2c3ccccc3c3cc(C#N)ccc32)C(C#N)=C1c1ccccc1-c1ccccc1-n1c2ccccc2c2cc(C#N)ccc21. The van der Waals surface area contributed by atoms with Crippen LogP contribution in [0.5, 0.6) is 0 Å². The van der Waals surface area contributed by atoms with Gasteiger partial charge in [-0.05, 0) is 83.6 Å². The van der Waals surface area contributed by atoms with E-state index in [2.05, 4.69) is 119 Å². The van der Waals surface area contributed by atoms with Gasteiger partial charge in [0.05, 0.1) is 62.3 Å². The molecule has 0 bridgehead atoms. The molecular formula is C46H29N5. The summed E-state index contributed by atoms with van der Waals surface area (Å²) < 4.78 is 4.49. The minimum absolute atomic E-state index is 0.0904. The Morgan fingerprint density at radius 3 is 1.65 bits per heavy atom. The molecule has 2 heterocycles. The number of hydrogen-bond donors (Lipinski definition) is 0. The van der Waals surface area contributed by atoms with E-state index in [0.717, 1.165) is 83.7 Å². The van der Waals surface area contributed by atoms with Gasteiger partial charge in [-0.15, -0.1) is 0 Å². The second-order valence-electron chi connectivity index (χ2n) is 13.1. The molecule has 0 fully saturated rings. The molecule has 0 aliphatic heterocycles. The Labute approximate surface area is 295 Å². The molecule has 1 aliphatic rings.